The second kappa shape index (κ2) is 11.2. The van der Waals surface area contributed by atoms with Gasteiger partial charge in [-0.1, -0.05) is 37.6 Å². The second-order valence-corrected chi connectivity index (χ2v) is 7.80. The van der Waals surface area contributed by atoms with Gasteiger partial charge in [0.05, 0.1) is 15.5 Å². The first kappa shape index (κ1) is 24.8. The molecule has 170 valence electrons. The number of nitro groups is 1. The minimum atomic E-state index is -0.861. The van der Waals surface area contributed by atoms with Crippen molar-refractivity contribution in [3.05, 3.63) is 74.3 Å². The average Bonchev–Trinajstić information content (AvgIpc) is 2.75. The first-order chi connectivity index (χ1) is 15.1. The van der Waals surface area contributed by atoms with Crippen molar-refractivity contribution in [1.29, 1.82) is 0 Å². The van der Waals surface area contributed by atoms with Crippen LogP contribution in [0.5, 0.6) is 0 Å². The molecule has 0 aliphatic rings. The van der Waals surface area contributed by atoms with E-state index in [-0.39, 0.29) is 34.6 Å². The molecule has 0 radical (unpaired) electrons. The Bertz CT molecular complexity index is 1030. The van der Waals surface area contributed by atoms with Crippen LogP contribution in [-0.2, 0) is 11.3 Å². The summed E-state index contributed by atoms with van der Waals surface area (Å²) in [6.45, 7) is 6.05. The largest absolute Gasteiger partial charge is 0.352 e. The Labute approximate surface area is 190 Å². The first-order valence-corrected chi connectivity index (χ1v) is 10.4. The Kier molecular flexibility index (Phi) is 8.71. The number of nitrogens with zero attached hydrogens (tertiary/aromatic N) is 1. The Morgan fingerprint density at radius 1 is 1.06 bits per heavy atom. The minimum Gasteiger partial charge on any atom is -0.352 e. The lowest BCUT2D eigenvalue weighted by Crippen LogP contribution is -2.49. The van der Waals surface area contributed by atoms with E-state index in [2.05, 4.69) is 16.0 Å². The normalized spacial score (nSPS) is 11.5. The predicted molar refractivity (Wildman–Crippen MR) is 120 cm³/mol. The molecular formula is C22H25ClN4O5. The summed E-state index contributed by atoms with van der Waals surface area (Å²) in [7, 11) is 0. The van der Waals surface area contributed by atoms with Gasteiger partial charge in [-0.3, -0.25) is 24.5 Å². The van der Waals surface area contributed by atoms with E-state index in [1.807, 2.05) is 6.92 Å². The highest BCUT2D eigenvalue weighted by atomic mass is 35.5. The van der Waals surface area contributed by atoms with E-state index >= 15 is 0 Å². The lowest BCUT2D eigenvalue weighted by atomic mass is 10.0. The molecule has 10 heteroatoms. The van der Waals surface area contributed by atoms with E-state index in [0.29, 0.717) is 12.1 Å². The monoisotopic (exact) mass is 460 g/mol. The summed E-state index contributed by atoms with van der Waals surface area (Å²) in [5.74, 6) is -1.46. The Hall–Kier alpha value is -3.46. The highest BCUT2D eigenvalue weighted by Gasteiger charge is 2.26. The highest BCUT2D eigenvalue weighted by molar-refractivity contribution is 6.34. The fourth-order valence-corrected chi connectivity index (χ4v) is 3.20. The number of benzene rings is 2. The number of carbonyl (C=O) groups is 3. The quantitative estimate of drug-likeness (QED) is 0.391. The molecule has 3 N–H and O–H groups in total. The zero-order valence-electron chi connectivity index (χ0n) is 18.0. The van der Waals surface area contributed by atoms with Crippen molar-refractivity contribution < 1.29 is 19.3 Å². The van der Waals surface area contributed by atoms with Gasteiger partial charge in [0.1, 0.15) is 6.04 Å². The van der Waals surface area contributed by atoms with E-state index in [1.165, 1.54) is 12.1 Å². The van der Waals surface area contributed by atoms with Crippen molar-refractivity contribution in [1.82, 2.24) is 16.0 Å². The van der Waals surface area contributed by atoms with Crippen LogP contribution in [0, 0.1) is 16.0 Å². The van der Waals surface area contributed by atoms with Gasteiger partial charge in [0, 0.05) is 30.8 Å². The standard InChI is InChI=1S/C22H25ClN4O5/c1-4-24-20(28)15-7-5-6-14(10-15)12-25-22(30)19(13(2)3)26-21(29)17-9-8-16(27(31)32)11-18(17)23/h5-11,13,19H,4,12H2,1-3H3,(H,24,28)(H,25,30)(H,26,29). The number of halogens is 1. The SMILES string of the molecule is CCNC(=O)c1cccc(CNC(=O)C(NC(=O)c2ccc([N+](=O)[O-])cc2Cl)C(C)C)c1. The number of carbonyl (C=O) groups excluding carboxylic acids is 3. The highest BCUT2D eigenvalue weighted by Crippen LogP contribution is 2.22. The van der Waals surface area contributed by atoms with E-state index in [0.717, 1.165) is 11.6 Å². The van der Waals surface area contributed by atoms with Crippen LogP contribution in [0.25, 0.3) is 0 Å². The number of nitro benzene ring substituents is 1. The van der Waals surface area contributed by atoms with Crippen LogP contribution < -0.4 is 16.0 Å². The molecule has 0 bridgehead atoms. The lowest BCUT2D eigenvalue weighted by molar-refractivity contribution is -0.384. The van der Waals surface area contributed by atoms with Crippen molar-refractivity contribution in [2.24, 2.45) is 5.92 Å². The number of non-ortho nitro benzene ring substituents is 1. The molecule has 2 rings (SSSR count). The number of hydrogen-bond donors (Lipinski definition) is 3. The Morgan fingerprint density at radius 2 is 1.78 bits per heavy atom. The third-order valence-corrected chi connectivity index (χ3v) is 4.95. The fraction of sp³-hybridized carbons (Fsp3) is 0.318. The molecule has 1 unspecified atom stereocenters. The molecule has 32 heavy (non-hydrogen) atoms. The molecule has 2 aromatic carbocycles. The van der Waals surface area contributed by atoms with Crippen LogP contribution >= 0.6 is 11.6 Å². The molecule has 0 saturated carbocycles. The molecule has 0 aliphatic heterocycles. The molecule has 0 spiro atoms. The number of nitrogens with one attached hydrogen (secondary N) is 3. The van der Waals surface area contributed by atoms with Crippen molar-refractivity contribution in [3.63, 3.8) is 0 Å². The maximum absolute atomic E-state index is 12.7. The van der Waals surface area contributed by atoms with Gasteiger partial charge in [0.15, 0.2) is 0 Å². The van der Waals surface area contributed by atoms with Gasteiger partial charge in [-0.2, -0.15) is 0 Å². The van der Waals surface area contributed by atoms with Crippen LogP contribution in [0.2, 0.25) is 5.02 Å². The van der Waals surface area contributed by atoms with Gasteiger partial charge in [-0.25, -0.2) is 0 Å². The third kappa shape index (κ3) is 6.52. The summed E-state index contributed by atoms with van der Waals surface area (Å²) < 4.78 is 0. The Balaban J connectivity index is 2.07. The third-order valence-electron chi connectivity index (χ3n) is 4.64. The zero-order valence-corrected chi connectivity index (χ0v) is 18.7. The van der Waals surface area contributed by atoms with E-state index in [4.69, 9.17) is 11.6 Å². The summed E-state index contributed by atoms with van der Waals surface area (Å²) in [5, 5.41) is 18.9. The van der Waals surface area contributed by atoms with Crippen LogP contribution in [0.15, 0.2) is 42.5 Å². The maximum atomic E-state index is 12.7. The maximum Gasteiger partial charge on any atom is 0.270 e. The van der Waals surface area contributed by atoms with E-state index in [1.54, 1.807) is 38.1 Å². The van der Waals surface area contributed by atoms with Gasteiger partial charge >= 0.3 is 0 Å². The summed E-state index contributed by atoms with van der Waals surface area (Å²) >= 11 is 6.02. The average molecular weight is 461 g/mol. The molecule has 3 amide bonds. The van der Waals surface area contributed by atoms with Gasteiger partial charge in [-0.05, 0) is 36.6 Å². The summed E-state index contributed by atoms with van der Waals surface area (Å²) in [6.07, 6.45) is 0. The van der Waals surface area contributed by atoms with Gasteiger partial charge in [0.25, 0.3) is 17.5 Å². The van der Waals surface area contributed by atoms with E-state index < -0.39 is 22.8 Å². The molecule has 2 aromatic rings. The molecule has 0 aliphatic carbocycles. The minimum absolute atomic E-state index is 0.0327. The zero-order chi connectivity index (χ0) is 23.8. The summed E-state index contributed by atoms with van der Waals surface area (Å²) in [5.41, 5.74) is 1.01. The molecule has 1 atom stereocenters. The smallest absolute Gasteiger partial charge is 0.270 e. The van der Waals surface area contributed by atoms with Crippen molar-refractivity contribution in [2.45, 2.75) is 33.4 Å². The summed E-state index contributed by atoms with van der Waals surface area (Å²) in [4.78, 5) is 47.6. The van der Waals surface area contributed by atoms with Gasteiger partial charge < -0.3 is 16.0 Å². The van der Waals surface area contributed by atoms with Crippen LogP contribution in [0.1, 0.15) is 47.1 Å². The lowest BCUT2D eigenvalue weighted by Gasteiger charge is -2.22. The van der Waals surface area contributed by atoms with E-state index in [9.17, 15) is 24.5 Å². The van der Waals surface area contributed by atoms with Crippen LogP contribution in [-0.4, -0.2) is 35.2 Å². The molecule has 0 heterocycles. The number of rotatable bonds is 9. The number of amides is 3. The molecule has 0 saturated heterocycles. The Morgan fingerprint density at radius 3 is 2.38 bits per heavy atom. The molecule has 9 nitrogen and oxygen atoms in total. The topological polar surface area (TPSA) is 130 Å². The van der Waals surface area contributed by atoms with Crippen molar-refractivity contribution in [2.75, 3.05) is 6.54 Å². The van der Waals surface area contributed by atoms with Gasteiger partial charge in [0.2, 0.25) is 5.91 Å². The second-order valence-electron chi connectivity index (χ2n) is 7.39. The molecule has 0 fully saturated rings. The number of hydrogen-bond acceptors (Lipinski definition) is 5. The van der Waals surface area contributed by atoms with Gasteiger partial charge in [-0.15, -0.1) is 0 Å². The predicted octanol–water partition coefficient (Wildman–Crippen LogP) is 3.07. The molecule has 0 aromatic heterocycles. The van der Waals surface area contributed by atoms with Crippen molar-refractivity contribution in [3.8, 4) is 0 Å². The van der Waals surface area contributed by atoms with Crippen LogP contribution in [0.3, 0.4) is 0 Å². The fourth-order valence-electron chi connectivity index (χ4n) is 2.94. The summed E-state index contributed by atoms with van der Waals surface area (Å²) in [6, 6.07) is 9.52. The van der Waals surface area contributed by atoms with Crippen molar-refractivity contribution >= 4 is 35.0 Å². The molecular weight excluding hydrogens is 436 g/mol. The van der Waals surface area contributed by atoms with Crippen LogP contribution in [0.4, 0.5) is 5.69 Å². The first-order valence-electron chi connectivity index (χ1n) is 10.0.